The van der Waals surface area contributed by atoms with Gasteiger partial charge in [-0.3, -0.25) is 0 Å². The van der Waals surface area contributed by atoms with E-state index in [0.717, 1.165) is 37.7 Å². The minimum Gasteiger partial charge on any atom is -0.493 e. The minimum atomic E-state index is 0.665. The number of methoxy groups -OCH3 is 2. The molecule has 0 radical (unpaired) electrons. The number of aryl methyl sites for hydroxylation is 1. The Bertz CT molecular complexity index is 1260. The Morgan fingerprint density at radius 2 is 1.90 bits per heavy atom. The number of hydrogen-bond acceptors (Lipinski definition) is 7. The molecule has 0 amide bonds. The van der Waals surface area contributed by atoms with Gasteiger partial charge in [-0.15, -0.1) is 23.1 Å². The van der Waals surface area contributed by atoms with E-state index in [0.29, 0.717) is 17.1 Å². The van der Waals surface area contributed by atoms with Crippen molar-refractivity contribution in [2.24, 2.45) is 0 Å². The monoisotopic (exact) mass is 433 g/mol. The molecule has 2 heterocycles. The predicted octanol–water partition coefficient (Wildman–Crippen LogP) is 5.85. The van der Waals surface area contributed by atoms with Crippen molar-refractivity contribution in [2.75, 3.05) is 14.2 Å². The van der Waals surface area contributed by atoms with Crippen molar-refractivity contribution in [2.45, 2.75) is 17.7 Å². The molecule has 0 N–H and O–H groups in total. The average Bonchev–Trinajstić information content (AvgIpc) is 3.13. The molecule has 0 atom stereocenters. The zero-order chi connectivity index (χ0) is 21.1. The lowest BCUT2D eigenvalue weighted by atomic mass is 10.0. The van der Waals surface area contributed by atoms with E-state index in [2.05, 4.69) is 23.0 Å². The fourth-order valence-electron chi connectivity index (χ4n) is 3.35. The van der Waals surface area contributed by atoms with Crippen LogP contribution in [0.25, 0.3) is 21.3 Å². The first-order valence-corrected chi connectivity index (χ1v) is 11.0. The summed E-state index contributed by atoms with van der Waals surface area (Å²) in [6, 6.07) is 15.8. The highest BCUT2D eigenvalue weighted by Gasteiger charge is 2.18. The Morgan fingerprint density at radius 1 is 1.07 bits per heavy atom. The van der Waals surface area contributed by atoms with Gasteiger partial charge < -0.3 is 9.47 Å². The van der Waals surface area contributed by atoms with Gasteiger partial charge in [-0.1, -0.05) is 18.2 Å². The average molecular weight is 434 g/mol. The smallest absolute Gasteiger partial charge is 0.161 e. The van der Waals surface area contributed by atoms with Gasteiger partial charge >= 0.3 is 0 Å². The van der Waals surface area contributed by atoms with Crippen LogP contribution in [-0.4, -0.2) is 24.2 Å². The second-order valence-corrected chi connectivity index (χ2v) is 8.73. The van der Waals surface area contributed by atoms with Crippen LogP contribution in [0.1, 0.15) is 16.0 Å². The van der Waals surface area contributed by atoms with E-state index in [-0.39, 0.29) is 0 Å². The molecule has 0 fully saturated rings. The van der Waals surface area contributed by atoms with Gasteiger partial charge in [0.25, 0.3) is 0 Å². The summed E-state index contributed by atoms with van der Waals surface area (Å²) in [5.41, 5.74) is 3.91. The number of nitrogens with zero attached hydrogens (tertiary/aromatic N) is 3. The van der Waals surface area contributed by atoms with Crippen LogP contribution in [0.3, 0.4) is 0 Å². The molecule has 0 bridgehead atoms. The van der Waals surface area contributed by atoms with Gasteiger partial charge in [0.1, 0.15) is 16.2 Å². The Labute approximate surface area is 183 Å². The molecule has 0 saturated carbocycles. The Morgan fingerprint density at radius 3 is 2.67 bits per heavy atom. The lowest BCUT2D eigenvalue weighted by Gasteiger charge is -2.11. The number of ether oxygens (including phenoxy) is 2. The lowest BCUT2D eigenvalue weighted by Crippen LogP contribution is -1.92. The third-order valence-electron chi connectivity index (χ3n) is 4.73. The van der Waals surface area contributed by atoms with Crippen molar-refractivity contribution < 1.29 is 9.47 Å². The molecule has 0 spiro atoms. The second-order valence-electron chi connectivity index (χ2n) is 6.56. The van der Waals surface area contributed by atoms with Gasteiger partial charge in [0.15, 0.2) is 11.5 Å². The van der Waals surface area contributed by atoms with Gasteiger partial charge in [0.2, 0.25) is 0 Å². The molecule has 7 heteroatoms. The van der Waals surface area contributed by atoms with E-state index < -0.39 is 0 Å². The van der Waals surface area contributed by atoms with E-state index in [1.165, 1.54) is 4.88 Å². The topological polar surface area (TPSA) is 68.0 Å². The molecule has 5 nitrogen and oxygen atoms in total. The minimum absolute atomic E-state index is 0.665. The maximum Gasteiger partial charge on any atom is 0.161 e. The highest BCUT2D eigenvalue weighted by molar-refractivity contribution is 7.98. The number of thiophene rings is 1. The highest BCUT2D eigenvalue weighted by atomic mass is 32.2. The van der Waals surface area contributed by atoms with E-state index in [1.54, 1.807) is 43.6 Å². The number of rotatable bonds is 6. The fraction of sp³-hybridized carbons (Fsp3) is 0.174. The quantitative estimate of drug-likeness (QED) is 0.281. The van der Waals surface area contributed by atoms with Crippen LogP contribution >= 0.6 is 23.1 Å². The molecule has 0 saturated heterocycles. The zero-order valence-corrected chi connectivity index (χ0v) is 18.4. The van der Waals surface area contributed by atoms with Crippen LogP contribution in [-0.2, 0) is 5.75 Å². The van der Waals surface area contributed by atoms with Crippen molar-refractivity contribution in [3.05, 3.63) is 64.8 Å². The van der Waals surface area contributed by atoms with Crippen LogP contribution in [0, 0.1) is 18.3 Å². The molecule has 2 aromatic heterocycles. The Hall–Kier alpha value is -3.08. The number of thioether (sulfide) groups is 1. The van der Waals surface area contributed by atoms with Crippen LogP contribution in [0.5, 0.6) is 11.5 Å². The summed E-state index contributed by atoms with van der Waals surface area (Å²) in [6.45, 7) is 2.10. The molecule has 4 aromatic rings. The first-order valence-electron chi connectivity index (χ1n) is 9.23. The van der Waals surface area contributed by atoms with E-state index in [9.17, 15) is 0 Å². The molecular weight excluding hydrogens is 414 g/mol. The van der Waals surface area contributed by atoms with Gasteiger partial charge in [0, 0.05) is 16.2 Å². The number of hydrogen-bond donors (Lipinski definition) is 0. The largest absolute Gasteiger partial charge is 0.493 e. The zero-order valence-electron chi connectivity index (χ0n) is 16.8. The summed E-state index contributed by atoms with van der Waals surface area (Å²) in [4.78, 5) is 11.2. The van der Waals surface area contributed by atoms with Crippen molar-refractivity contribution in [3.8, 4) is 28.7 Å². The van der Waals surface area contributed by atoms with Crippen molar-refractivity contribution in [1.82, 2.24) is 9.97 Å². The maximum absolute atomic E-state index is 9.14. The maximum atomic E-state index is 9.14. The molecule has 0 aliphatic heterocycles. The van der Waals surface area contributed by atoms with Gasteiger partial charge in [-0.25, -0.2) is 9.97 Å². The SMILES string of the molecule is COc1ccc(-c2c(C)sc3ncnc(SCc4cccc(C#N)c4)c23)cc1OC. The van der Waals surface area contributed by atoms with E-state index in [4.69, 9.17) is 14.7 Å². The first-order chi connectivity index (χ1) is 14.6. The number of nitriles is 1. The van der Waals surface area contributed by atoms with Crippen molar-refractivity contribution in [3.63, 3.8) is 0 Å². The predicted molar refractivity (Wildman–Crippen MR) is 121 cm³/mol. The normalized spacial score (nSPS) is 10.7. The Balaban J connectivity index is 1.77. The van der Waals surface area contributed by atoms with E-state index >= 15 is 0 Å². The van der Waals surface area contributed by atoms with Gasteiger partial charge in [-0.05, 0) is 42.3 Å². The molecule has 150 valence electrons. The number of fused-ring (bicyclic) bond motifs is 1. The van der Waals surface area contributed by atoms with Gasteiger partial charge in [0.05, 0.1) is 31.2 Å². The summed E-state index contributed by atoms with van der Waals surface area (Å²) >= 11 is 3.31. The summed E-state index contributed by atoms with van der Waals surface area (Å²) in [5.74, 6) is 2.11. The number of benzene rings is 2. The van der Waals surface area contributed by atoms with Crippen molar-refractivity contribution >= 4 is 33.3 Å². The highest BCUT2D eigenvalue weighted by Crippen LogP contribution is 2.43. The fourth-order valence-corrected chi connectivity index (χ4v) is 5.37. The summed E-state index contributed by atoms with van der Waals surface area (Å²) in [7, 11) is 3.27. The standard InChI is InChI=1S/C23H19N3O2S2/c1-14-20(17-7-8-18(27-2)19(10-17)28-3)21-22(25-13-26-23(21)30-14)29-12-16-6-4-5-15(9-16)11-24/h4-10,13H,12H2,1-3H3. The van der Waals surface area contributed by atoms with Crippen LogP contribution in [0.4, 0.5) is 0 Å². The Kier molecular flexibility index (Phi) is 5.88. The molecular formula is C23H19N3O2S2. The molecule has 0 unspecified atom stereocenters. The van der Waals surface area contributed by atoms with Crippen molar-refractivity contribution in [1.29, 1.82) is 5.26 Å². The molecule has 0 aliphatic rings. The molecule has 30 heavy (non-hydrogen) atoms. The van der Waals surface area contributed by atoms with Crippen LogP contribution in [0.2, 0.25) is 0 Å². The lowest BCUT2D eigenvalue weighted by molar-refractivity contribution is 0.355. The van der Waals surface area contributed by atoms with Crippen LogP contribution in [0.15, 0.2) is 53.8 Å². The second kappa shape index (κ2) is 8.74. The summed E-state index contributed by atoms with van der Waals surface area (Å²) in [5, 5.41) is 11.1. The van der Waals surface area contributed by atoms with Crippen LogP contribution < -0.4 is 9.47 Å². The third-order valence-corrected chi connectivity index (χ3v) is 6.81. The molecule has 0 aliphatic carbocycles. The molecule has 2 aromatic carbocycles. The third kappa shape index (κ3) is 3.84. The summed E-state index contributed by atoms with van der Waals surface area (Å²) < 4.78 is 10.9. The summed E-state index contributed by atoms with van der Waals surface area (Å²) in [6.07, 6.45) is 1.62. The number of aromatic nitrogens is 2. The molecule has 4 rings (SSSR count). The first kappa shape index (κ1) is 20.2. The van der Waals surface area contributed by atoms with E-state index in [1.807, 2.05) is 42.5 Å². The van der Waals surface area contributed by atoms with Gasteiger partial charge in [-0.2, -0.15) is 5.26 Å².